The minimum absolute atomic E-state index is 0.251. The van der Waals surface area contributed by atoms with Crippen molar-refractivity contribution in [3.63, 3.8) is 0 Å². The van der Waals surface area contributed by atoms with Gasteiger partial charge in [-0.2, -0.15) is 0 Å². The molecule has 0 aliphatic carbocycles. The fourth-order valence-electron chi connectivity index (χ4n) is 2.48. The van der Waals surface area contributed by atoms with Crippen LogP contribution >= 0.6 is 23.2 Å². The number of aliphatic hydroxyl groups excluding tert-OH is 1. The van der Waals surface area contributed by atoms with E-state index in [2.05, 4.69) is 11.8 Å². The summed E-state index contributed by atoms with van der Waals surface area (Å²) in [5.74, 6) is 0.251. The first-order chi connectivity index (χ1) is 10.4. The van der Waals surface area contributed by atoms with Crippen LogP contribution in [0.5, 0.6) is 0 Å². The van der Waals surface area contributed by atoms with E-state index in [9.17, 15) is 5.11 Å². The fraction of sp³-hybridized carbons (Fsp3) is 0.556. The molecule has 4 heteroatoms. The van der Waals surface area contributed by atoms with Crippen LogP contribution in [0.2, 0.25) is 10.0 Å². The van der Waals surface area contributed by atoms with Gasteiger partial charge < -0.3 is 10.0 Å². The smallest absolute Gasteiger partial charge is 0.0764 e. The summed E-state index contributed by atoms with van der Waals surface area (Å²) in [7, 11) is 4.09. The molecular weight excluding hydrogens is 317 g/mol. The molecule has 0 saturated heterocycles. The third-order valence-corrected chi connectivity index (χ3v) is 4.43. The van der Waals surface area contributed by atoms with Gasteiger partial charge in [0.05, 0.1) is 16.1 Å². The highest BCUT2D eigenvalue weighted by Crippen LogP contribution is 2.24. The molecule has 0 fully saturated rings. The van der Waals surface area contributed by atoms with Crippen molar-refractivity contribution in [2.24, 2.45) is 5.92 Å². The maximum absolute atomic E-state index is 10.5. The van der Waals surface area contributed by atoms with Crippen LogP contribution in [-0.4, -0.2) is 36.8 Å². The Morgan fingerprint density at radius 3 is 2.50 bits per heavy atom. The number of halogens is 2. The molecule has 0 heterocycles. The number of benzene rings is 1. The molecule has 0 radical (unpaired) electrons. The van der Waals surface area contributed by atoms with Gasteiger partial charge in [0.15, 0.2) is 0 Å². The van der Waals surface area contributed by atoms with Gasteiger partial charge in [-0.15, -0.1) is 0 Å². The van der Waals surface area contributed by atoms with Crippen LogP contribution in [0.4, 0.5) is 0 Å². The lowest BCUT2D eigenvalue weighted by Gasteiger charge is -2.24. The van der Waals surface area contributed by atoms with Crippen LogP contribution in [0.25, 0.3) is 6.08 Å². The molecule has 124 valence electrons. The number of unbranched alkanes of at least 4 members (excludes halogenated alkanes) is 2. The molecular formula is C18H27Cl2NO. The van der Waals surface area contributed by atoms with E-state index in [1.807, 2.05) is 38.4 Å². The molecule has 0 amide bonds. The van der Waals surface area contributed by atoms with E-state index < -0.39 is 6.10 Å². The molecule has 0 unspecified atom stereocenters. The van der Waals surface area contributed by atoms with Gasteiger partial charge in [0, 0.05) is 12.5 Å². The summed E-state index contributed by atoms with van der Waals surface area (Å²) < 4.78 is 0. The highest BCUT2D eigenvalue weighted by molar-refractivity contribution is 6.42. The summed E-state index contributed by atoms with van der Waals surface area (Å²) in [6, 6.07) is 5.48. The minimum atomic E-state index is -0.450. The van der Waals surface area contributed by atoms with E-state index in [0.717, 1.165) is 24.9 Å². The average Bonchev–Trinajstić information content (AvgIpc) is 2.47. The van der Waals surface area contributed by atoms with Crippen molar-refractivity contribution in [3.8, 4) is 0 Å². The van der Waals surface area contributed by atoms with Gasteiger partial charge in [-0.3, -0.25) is 0 Å². The Morgan fingerprint density at radius 2 is 1.91 bits per heavy atom. The topological polar surface area (TPSA) is 23.5 Å². The maximum atomic E-state index is 10.5. The largest absolute Gasteiger partial charge is 0.389 e. The van der Waals surface area contributed by atoms with Crippen molar-refractivity contribution in [1.82, 2.24) is 4.90 Å². The molecule has 1 N–H and O–H groups in total. The predicted molar refractivity (Wildman–Crippen MR) is 97.7 cm³/mol. The minimum Gasteiger partial charge on any atom is -0.389 e. The molecule has 0 spiro atoms. The van der Waals surface area contributed by atoms with Gasteiger partial charge in [-0.25, -0.2) is 0 Å². The van der Waals surface area contributed by atoms with Crippen LogP contribution in [0.3, 0.4) is 0 Å². The lowest BCUT2D eigenvalue weighted by molar-refractivity contribution is 0.122. The molecule has 0 bridgehead atoms. The summed E-state index contributed by atoms with van der Waals surface area (Å²) in [4.78, 5) is 2.13. The lowest BCUT2D eigenvalue weighted by atomic mass is 9.94. The van der Waals surface area contributed by atoms with Crippen molar-refractivity contribution in [1.29, 1.82) is 0 Å². The summed E-state index contributed by atoms with van der Waals surface area (Å²) in [5, 5.41) is 11.5. The second-order valence-corrected chi connectivity index (χ2v) is 6.86. The maximum Gasteiger partial charge on any atom is 0.0764 e. The van der Waals surface area contributed by atoms with Gasteiger partial charge in [0.2, 0.25) is 0 Å². The van der Waals surface area contributed by atoms with Crippen molar-refractivity contribution >= 4 is 29.3 Å². The molecule has 2 nitrogen and oxygen atoms in total. The molecule has 0 saturated carbocycles. The van der Waals surface area contributed by atoms with Crippen molar-refractivity contribution in [2.75, 3.05) is 20.6 Å². The number of hydrogen-bond acceptors (Lipinski definition) is 2. The van der Waals surface area contributed by atoms with E-state index in [-0.39, 0.29) is 5.92 Å². The molecule has 0 aromatic heterocycles. The summed E-state index contributed by atoms with van der Waals surface area (Å²) in [5.41, 5.74) is 0.950. The van der Waals surface area contributed by atoms with E-state index in [1.54, 1.807) is 6.07 Å². The Labute approximate surface area is 144 Å². The first-order valence-electron chi connectivity index (χ1n) is 7.90. The molecule has 1 rings (SSSR count). The second-order valence-electron chi connectivity index (χ2n) is 6.04. The van der Waals surface area contributed by atoms with Crippen LogP contribution in [0, 0.1) is 5.92 Å². The monoisotopic (exact) mass is 343 g/mol. The zero-order chi connectivity index (χ0) is 16.5. The Bertz CT molecular complexity index is 474. The van der Waals surface area contributed by atoms with E-state index in [0.29, 0.717) is 10.0 Å². The summed E-state index contributed by atoms with van der Waals surface area (Å²) in [6.07, 6.45) is 7.94. The SMILES string of the molecule is CCCCC[C@H](CN(C)C)[C@H](O)/C=C\c1ccc(Cl)c(Cl)c1. The predicted octanol–water partition coefficient (Wildman–Crippen LogP) is 5.13. The Hall–Kier alpha value is -0.540. The van der Waals surface area contributed by atoms with Crippen LogP contribution in [0.15, 0.2) is 24.3 Å². The number of rotatable bonds is 9. The van der Waals surface area contributed by atoms with Gasteiger partial charge >= 0.3 is 0 Å². The molecule has 22 heavy (non-hydrogen) atoms. The number of hydrogen-bond donors (Lipinski definition) is 1. The van der Waals surface area contributed by atoms with E-state index >= 15 is 0 Å². The van der Waals surface area contributed by atoms with Crippen molar-refractivity contribution in [3.05, 3.63) is 39.9 Å². The Kier molecular flexibility index (Phi) is 9.11. The van der Waals surface area contributed by atoms with Gasteiger partial charge in [0.1, 0.15) is 0 Å². The number of aliphatic hydroxyl groups is 1. The third-order valence-electron chi connectivity index (χ3n) is 3.69. The highest BCUT2D eigenvalue weighted by Gasteiger charge is 2.17. The third kappa shape index (κ3) is 7.15. The summed E-state index contributed by atoms with van der Waals surface area (Å²) >= 11 is 11.9. The molecule has 2 atom stereocenters. The molecule has 0 aliphatic heterocycles. The molecule has 1 aromatic carbocycles. The zero-order valence-corrected chi connectivity index (χ0v) is 15.2. The Morgan fingerprint density at radius 1 is 1.18 bits per heavy atom. The van der Waals surface area contributed by atoms with Gasteiger partial charge in [0.25, 0.3) is 0 Å². The number of nitrogens with zero attached hydrogens (tertiary/aromatic N) is 1. The first-order valence-corrected chi connectivity index (χ1v) is 8.65. The van der Waals surface area contributed by atoms with Crippen molar-refractivity contribution in [2.45, 2.75) is 38.7 Å². The quantitative estimate of drug-likeness (QED) is 0.628. The Balaban J connectivity index is 2.68. The van der Waals surface area contributed by atoms with Gasteiger partial charge in [-0.05, 0) is 38.2 Å². The molecule has 0 aliphatic rings. The van der Waals surface area contributed by atoms with E-state index in [4.69, 9.17) is 23.2 Å². The standard InChI is InChI=1S/C18H27Cl2NO/c1-4-5-6-7-15(13-21(2)3)18(22)11-9-14-8-10-16(19)17(20)12-14/h8-12,15,18,22H,4-7,13H2,1-3H3/b11-9-/t15-,18-/m1/s1. The van der Waals surface area contributed by atoms with Gasteiger partial charge in [-0.1, -0.05) is 67.6 Å². The second kappa shape index (κ2) is 10.3. The average molecular weight is 344 g/mol. The van der Waals surface area contributed by atoms with Crippen LogP contribution < -0.4 is 0 Å². The van der Waals surface area contributed by atoms with Crippen LogP contribution in [-0.2, 0) is 0 Å². The zero-order valence-electron chi connectivity index (χ0n) is 13.7. The normalized spacial score (nSPS) is 14.7. The fourth-order valence-corrected chi connectivity index (χ4v) is 2.79. The highest BCUT2D eigenvalue weighted by atomic mass is 35.5. The summed E-state index contributed by atoms with van der Waals surface area (Å²) in [6.45, 7) is 3.08. The van der Waals surface area contributed by atoms with E-state index in [1.165, 1.54) is 12.8 Å². The molecule has 1 aromatic rings. The lowest BCUT2D eigenvalue weighted by Crippen LogP contribution is -2.30. The van der Waals surface area contributed by atoms with Crippen molar-refractivity contribution < 1.29 is 5.11 Å². The first kappa shape index (κ1) is 19.5. The van der Waals surface area contributed by atoms with Crippen LogP contribution in [0.1, 0.15) is 38.2 Å².